The number of hydrogen-bond acceptors (Lipinski definition) is 6. The van der Waals surface area contributed by atoms with E-state index in [1.807, 2.05) is 42.6 Å². The molecule has 0 radical (unpaired) electrons. The minimum absolute atomic E-state index is 0. The monoisotopic (exact) mass is 803 g/mol. The molecule has 0 saturated heterocycles. The molecule has 3 heterocycles. The van der Waals surface area contributed by atoms with Gasteiger partial charge in [-0.3, -0.25) is 4.98 Å². The van der Waals surface area contributed by atoms with Crippen LogP contribution in [-0.4, -0.2) is 19.9 Å². The summed E-state index contributed by atoms with van der Waals surface area (Å²) >= 11 is 1.71. The number of hydrogen-bond donors (Lipinski definition) is 0. The van der Waals surface area contributed by atoms with Gasteiger partial charge in [0.25, 0.3) is 0 Å². The second kappa shape index (κ2) is 13.6. The molecule has 5 nitrogen and oxygen atoms in total. The number of rotatable bonds is 7. The molecule has 0 fully saturated rings. The summed E-state index contributed by atoms with van der Waals surface area (Å²) in [6.45, 7) is 0. The Kier molecular flexibility index (Phi) is 8.78. The van der Waals surface area contributed by atoms with Crippen molar-refractivity contribution in [1.29, 1.82) is 0 Å². The molecule has 0 N–H and O–H groups in total. The topological polar surface area (TPSA) is 60.8 Å². The molecular weight excluding hydrogens is 780 g/mol. The van der Waals surface area contributed by atoms with Crippen LogP contribution in [0.3, 0.4) is 0 Å². The molecule has 0 aliphatic carbocycles. The van der Waals surface area contributed by atoms with Crippen molar-refractivity contribution in [2.75, 3.05) is 0 Å². The Morgan fingerprint density at radius 1 is 0.574 bits per heavy atom. The molecule has 8 aromatic rings. The van der Waals surface area contributed by atoms with Gasteiger partial charge in [-0.25, -0.2) is 15.0 Å². The molecule has 47 heavy (non-hydrogen) atoms. The number of ether oxygens (including phenoxy) is 1. The Morgan fingerprint density at radius 3 is 1.89 bits per heavy atom. The smallest absolute Gasteiger partial charge is 0.503 e. The number of fused-ring (bicyclic) bond motifs is 1. The first kappa shape index (κ1) is 30.4. The third kappa shape index (κ3) is 6.66. The summed E-state index contributed by atoms with van der Waals surface area (Å²) in [5.41, 5.74) is 10.5. The summed E-state index contributed by atoms with van der Waals surface area (Å²) in [6.07, 6.45) is 6.71. The summed E-state index contributed by atoms with van der Waals surface area (Å²) in [4.78, 5) is 18.1. The van der Waals surface area contributed by atoms with E-state index in [4.69, 9.17) is 4.74 Å². The van der Waals surface area contributed by atoms with Crippen LogP contribution in [0.25, 0.3) is 65.3 Å². The maximum Gasteiger partial charge on any atom is 2.00 e. The van der Waals surface area contributed by atoms with Gasteiger partial charge in [-0.1, -0.05) is 66.7 Å². The van der Waals surface area contributed by atoms with Crippen molar-refractivity contribution in [2.24, 2.45) is 0 Å². The first-order valence-corrected chi connectivity index (χ1v) is 15.6. The number of aromatic nitrogens is 4. The Balaban J connectivity index is 0.00000351. The van der Waals surface area contributed by atoms with Crippen molar-refractivity contribution < 1.29 is 25.8 Å². The van der Waals surface area contributed by atoms with Crippen molar-refractivity contribution in [3.8, 4) is 66.6 Å². The predicted octanol–water partition coefficient (Wildman–Crippen LogP) is 10.2. The first-order chi connectivity index (χ1) is 22.7. The Labute approximate surface area is 290 Å². The van der Waals surface area contributed by atoms with E-state index < -0.39 is 0 Å². The van der Waals surface area contributed by atoms with Crippen LogP contribution < -0.4 is 4.74 Å². The van der Waals surface area contributed by atoms with E-state index in [1.165, 1.54) is 22.3 Å². The van der Waals surface area contributed by atoms with E-state index in [9.17, 15) is 0 Å². The molecule has 0 aliphatic rings. The Bertz CT molecular complexity index is 2290. The third-order valence-corrected chi connectivity index (χ3v) is 8.80. The molecule has 226 valence electrons. The summed E-state index contributed by atoms with van der Waals surface area (Å²) in [7, 11) is 0. The van der Waals surface area contributed by atoms with Gasteiger partial charge in [-0.2, -0.15) is 12.1 Å². The average molecular weight is 804 g/mol. The van der Waals surface area contributed by atoms with Crippen molar-refractivity contribution in [3.05, 3.63) is 159 Å². The molecular formula is C40H24N4OPtS. The van der Waals surface area contributed by atoms with Crippen molar-refractivity contribution in [2.45, 2.75) is 0 Å². The van der Waals surface area contributed by atoms with Gasteiger partial charge in [0.15, 0.2) is 0 Å². The summed E-state index contributed by atoms with van der Waals surface area (Å²) in [6, 6.07) is 48.2. The van der Waals surface area contributed by atoms with Crippen LogP contribution in [0, 0.1) is 12.1 Å². The third-order valence-electron chi connectivity index (χ3n) is 7.69. The minimum Gasteiger partial charge on any atom is -0.503 e. The molecule has 3 aromatic heterocycles. The fourth-order valence-electron chi connectivity index (χ4n) is 5.44. The van der Waals surface area contributed by atoms with E-state index in [0.29, 0.717) is 11.5 Å². The molecule has 0 bridgehead atoms. The number of thiophene rings is 1. The largest absolute Gasteiger partial charge is 2.00 e. The van der Waals surface area contributed by atoms with Gasteiger partial charge >= 0.3 is 21.1 Å². The van der Waals surface area contributed by atoms with Gasteiger partial charge in [0.1, 0.15) is 12.7 Å². The number of nitrogens with zero attached hydrogens (tertiary/aromatic N) is 4. The van der Waals surface area contributed by atoms with Gasteiger partial charge in [0, 0.05) is 28.8 Å². The summed E-state index contributed by atoms with van der Waals surface area (Å²) in [5.74, 6) is 1.21. The molecule has 0 amide bonds. The van der Waals surface area contributed by atoms with Gasteiger partial charge in [0.2, 0.25) is 0 Å². The molecule has 0 aliphatic heterocycles. The fourth-order valence-corrected chi connectivity index (χ4v) is 6.43. The van der Waals surface area contributed by atoms with Crippen LogP contribution in [0.2, 0.25) is 0 Å². The quantitative estimate of drug-likeness (QED) is 0.150. The van der Waals surface area contributed by atoms with E-state index in [2.05, 4.69) is 117 Å². The second-order valence-electron chi connectivity index (χ2n) is 10.7. The van der Waals surface area contributed by atoms with Gasteiger partial charge < -0.3 is 4.74 Å². The van der Waals surface area contributed by atoms with Crippen molar-refractivity contribution in [3.63, 3.8) is 0 Å². The van der Waals surface area contributed by atoms with Crippen LogP contribution in [0.15, 0.2) is 146 Å². The van der Waals surface area contributed by atoms with Gasteiger partial charge in [-0.15, -0.1) is 52.8 Å². The van der Waals surface area contributed by atoms with Gasteiger partial charge in [0.05, 0.1) is 10.2 Å². The van der Waals surface area contributed by atoms with E-state index in [-0.39, 0.29) is 21.1 Å². The molecule has 0 saturated carbocycles. The predicted molar refractivity (Wildman–Crippen MR) is 184 cm³/mol. The van der Waals surface area contributed by atoms with Crippen LogP contribution in [0.1, 0.15) is 0 Å². The zero-order chi connectivity index (χ0) is 30.7. The summed E-state index contributed by atoms with van der Waals surface area (Å²) in [5, 5.41) is 0. The maximum atomic E-state index is 6.18. The minimum atomic E-state index is 0. The first-order valence-electron chi connectivity index (χ1n) is 14.7. The second-order valence-corrected chi connectivity index (χ2v) is 11.8. The average Bonchev–Trinajstić information content (AvgIpc) is 3.57. The molecule has 5 aromatic carbocycles. The van der Waals surface area contributed by atoms with Crippen LogP contribution >= 0.6 is 11.3 Å². The van der Waals surface area contributed by atoms with E-state index >= 15 is 0 Å². The number of benzene rings is 5. The van der Waals surface area contributed by atoms with Gasteiger partial charge in [-0.05, 0) is 63.3 Å². The van der Waals surface area contributed by atoms with Crippen LogP contribution in [0.4, 0.5) is 0 Å². The van der Waals surface area contributed by atoms with Crippen molar-refractivity contribution >= 4 is 21.6 Å². The molecule has 7 heteroatoms. The van der Waals surface area contributed by atoms with E-state index in [0.717, 1.165) is 49.3 Å². The van der Waals surface area contributed by atoms with E-state index in [1.54, 1.807) is 23.9 Å². The Morgan fingerprint density at radius 2 is 1.21 bits per heavy atom. The zero-order valence-corrected chi connectivity index (χ0v) is 27.9. The van der Waals surface area contributed by atoms with Crippen LogP contribution in [-0.2, 0) is 21.1 Å². The fraction of sp³-hybridized carbons (Fsp3) is 0. The standard InChI is InChI=1S/C40H24N4OS.Pt/c1-6-27(18-29(8-1)31-10-3-13-34(20-31)39-23-38-40(46-39)24-42-26-44-38)28-7-2-9-30(19-28)32-11-4-14-35(21-32)45-36-15-5-12-33(22-36)37-16-17-41-25-43-37;/h1-13,15-21,23-26H;/q-2;+2. The maximum absolute atomic E-state index is 6.18. The SMILES string of the molecule is [Pt+2].[c-]1ccc(-c2cccc(-c3cccc(-c4cccc(-c5cc6ncncc6s5)c4)c3)c2)cc1Oc1[c-]c(-c2ccncn2)ccc1. The zero-order valence-electron chi connectivity index (χ0n) is 24.8. The normalized spacial score (nSPS) is 10.8. The molecule has 0 atom stereocenters. The molecule has 8 rings (SSSR count). The van der Waals surface area contributed by atoms with Crippen LogP contribution in [0.5, 0.6) is 11.5 Å². The molecule has 0 spiro atoms. The molecule has 0 unspecified atom stereocenters. The van der Waals surface area contributed by atoms with Crippen molar-refractivity contribution in [1.82, 2.24) is 19.9 Å². The summed E-state index contributed by atoms with van der Waals surface area (Å²) < 4.78 is 7.27. The Hall–Kier alpha value is -5.29.